The van der Waals surface area contributed by atoms with Gasteiger partial charge in [-0.1, -0.05) is 42.5 Å². The van der Waals surface area contributed by atoms with Gasteiger partial charge in [0, 0.05) is 45.0 Å². The molecule has 25 heavy (non-hydrogen) atoms. The quantitative estimate of drug-likeness (QED) is 0.756. The fourth-order valence-corrected chi connectivity index (χ4v) is 3.02. The molecule has 2 aromatic carbocycles. The molecule has 0 atom stereocenters. The van der Waals surface area contributed by atoms with Crippen LogP contribution in [0.4, 0.5) is 5.69 Å². The molecule has 2 aromatic rings. The summed E-state index contributed by atoms with van der Waals surface area (Å²) in [7, 11) is 2.16. The van der Waals surface area contributed by atoms with Crippen molar-refractivity contribution in [2.45, 2.75) is 13.5 Å². The maximum absolute atomic E-state index is 4.62. The lowest BCUT2D eigenvalue weighted by atomic mass is 10.1. The van der Waals surface area contributed by atoms with E-state index in [4.69, 9.17) is 0 Å². The summed E-state index contributed by atoms with van der Waals surface area (Å²) >= 11 is 0. The lowest BCUT2D eigenvalue weighted by molar-refractivity contribution is 0.159. The summed E-state index contributed by atoms with van der Waals surface area (Å²) in [6, 6.07) is 19.3. The molecular formula is C21H28N4. The third-order valence-electron chi connectivity index (χ3n) is 4.71. The summed E-state index contributed by atoms with van der Waals surface area (Å²) in [5.41, 5.74) is 3.74. The summed E-state index contributed by atoms with van der Waals surface area (Å²) in [5.74, 6) is 0. The molecule has 1 aliphatic heterocycles. The Labute approximate surface area is 151 Å². The third-order valence-corrected chi connectivity index (χ3v) is 4.71. The van der Waals surface area contributed by atoms with Crippen molar-refractivity contribution in [3.8, 4) is 0 Å². The van der Waals surface area contributed by atoms with Gasteiger partial charge in [-0.3, -0.25) is 5.01 Å². The van der Waals surface area contributed by atoms with Crippen LogP contribution in [0.1, 0.15) is 18.1 Å². The van der Waals surface area contributed by atoms with E-state index >= 15 is 0 Å². The summed E-state index contributed by atoms with van der Waals surface area (Å²) in [4.78, 5) is 4.73. The van der Waals surface area contributed by atoms with Gasteiger partial charge in [0.05, 0.1) is 6.21 Å². The van der Waals surface area contributed by atoms with E-state index in [0.717, 1.165) is 44.8 Å². The highest BCUT2D eigenvalue weighted by atomic mass is 15.5. The summed E-state index contributed by atoms with van der Waals surface area (Å²) < 4.78 is 0. The van der Waals surface area contributed by atoms with Crippen molar-refractivity contribution in [3.05, 3.63) is 65.7 Å². The summed E-state index contributed by atoms with van der Waals surface area (Å²) in [6.45, 7) is 8.31. The van der Waals surface area contributed by atoms with E-state index in [1.807, 2.05) is 6.21 Å². The molecule has 4 heteroatoms. The van der Waals surface area contributed by atoms with Gasteiger partial charge >= 0.3 is 0 Å². The van der Waals surface area contributed by atoms with Gasteiger partial charge in [-0.25, -0.2) is 0 Å². The number of anilines is 1. The molecule has 0 unspecified atom stereocenters. The Morgan fingerprint density at radius 2 is 1.64 bits per heavy atom. The highest BCUT2D eigenvalue weighted by molar-refractivity contribution is 5.80. The second kappa shape index (κ2) is 8.67. The predicted molar refractivity (Wildman–Crippen MR) is 106 cm³/mol. The van der Waals surface area contributed by atoms with E-state index in [9.17, 15) is 0 Å². The molecule has 0 amide bonds. The van der Waals surface area contributed by atoms with Crippen LogP contribution in [-0.2, 0) is 6.54 Å². The highest BCUT2D eigenvalue weighted by Gasteiger charge is 2.10. The number of hydrazone groups is 1. The van der Waals surface area contributed by atoms with Crippen molar-refractivity contribution in [2.75, 3.05) is 44.7 Å². The van der Waals surface area contributed by atoms with E-state index in [2.05, 4.69) is 88.5 Å². The molecule has 1 aliphatic rings. The van der Waals surface area contributed by atoms with Gasteiger partial charge in [-0.05, 0) is 37.2 Å². The maximum atomic E-state index is 4.62. The summed E-state index contributed by atoms with van der Waals surface area (Å²) in [5, 5.41) is 6.77. The summed E-state index contributed by atoms with van der Waals surface area (Å²) in [6.07, 6.45) is 1.97. The Morgan fingerprint density at radius 3 is 2.28 bits per heavy atom. The molecule has 1 saturated heterocycles. The maximum Gasteiger partial charge on any atom is 0.0542 e. The molecule has 0 spiro atoms. The molecule has 0 N–H and O–H groups in total. The highest BCUT2D eigenvalue weighted by Crippen LogP contribution is 2.17. The van der Waals surface area contributed by atoms with E-state index in [1.54, 1.807) is 0 Å². The standard InChI is InChI=1S/C21H28N4/c1-3-24(18-20-7-5-4-6-8-20)21-11-9-19(10-12-21)17-22-25-15-13-23(2)14-16-25/h4-12,17H,3,13-16,18H2,1-2H3. The fraction of sp³-hybridized carbons (Fsp3) is 0.381. The van der Waals surface area contributed by atoms with Crippen LogP contribution in [0.25, 0.3) is 0 Å². The van der Waals surface area contributed by atoms with E-state index < -0.39 is 0 Å². The normalized spacial score (nSPS) is 15.7. The van der Waals surface area contributed by atoms with Gasteiger partial charge in [0.25, 0.3) is 0 Å². The third kappa shape index (κ3) is 5.07. The molecular weight excluding hydrogens is 308 g/mol. The van der Waals surface area contributed by atoms with Crippen LogP contribution in [0.3, 0.4) is 0 Å². The Bertz CT molecular complexity index is 658. The second-order valence-corrected chi connectivity index (χ2v) is 6.59. The van der Waals surface area contributed by atoms with Gasteiger partial charge < -0.3 is 9.80 Å². The number of hydrogen-bond acceptors (Lipinski definition) is 4. The molecule has 132 valence electrons. The second-order valence-electron chi connectivity index (χ2n) is 6.59. The van der Waals surface area contributed by atoms with Gasteiger partial charge in [0.1, 0.15) is 0 Å². The number of rotatable bonds is 6. The predicted octanol–water partition coefficient (Wildman–Crippen LogP) is 3.29. The van der Waals surface area contributed by atoms with E-state index in [0.29, 0.717) is 0 Å². The van der Waals surface area contributed by atoms with Crippen LogP contribution in [0.15, 0.2) is 59.7 Å². The zero-order chi connectivity index (χ0) is 17.5. The smallest absolute Gasteiger partial charge is 0.0542 e. The Kier molecular flexibility index (Phi) is 6.07. The van der Waals surface area contributed by atoms with Gasteiger partial charge in [-0.15, -0.1) is 0 Å². The van der Waals surface area contributed by atoms with Gasteiger partial charge in [-0.2, -0.15) is 5.10 Å². The molecule has 0 aliphatic carbocycles. The molecule has 0 radical (unpaired) electrons. The van der Waals surface area contributed by atoms with Crippen LogP contribution in [0.2, 0.25) is 0 Å². The van der Waals surface area contributed by atoms with Crippen molar-refractivity contribution in [1.82, 2.24) is 9.91 Å². The number of benzene rings is 2. The number of nitrogens with zero attached hydrogens (tertiary/aromatic N) is 4. The fourth-order valence-electron chi connectivity index (χ4n) is 3.02. The van der Waals surface area contributed by atoms with E-state index in [-0.39, 0.29) is 0 Å². The van der Waals surface area contributed by atoms with Crippen molar-refractivity contribution in [2.24, 2.45) is 5.10 Å². The molecule has 0 bridgehead atoms. The zero-order valence-corrected chi connectivity index (χ0v) is 15.3. The van der Waals surface area contributed by atoms with Crippen molar-refractivity contribution in [1.29, 1.82) is 0 Å². The van der Waals surface area contributed by atoms with Crippen LogP contribution >= 0.6 is 0 Å². The SMILES string of the molecule is CCN(Cc1ccccc1)c1ccc(C=NN2CCN(C)CC2)cc1. The first-order valence-corrected chi connectivity index (χ1v) is 9.11. The van der Waals surface area contributed by atoms with E-state index in [1.165, 1.54) is 11.3 Å². The number of likely N-dealkylation sites (N-methyl/N-ethyl adjacent to an activating group) is 1. The zero-order valence-electron chi connectivity index (χ0n) is 15.3. The minimum Gasteiger partial charge on any atom is -0.367 e. The molecule has 3 rings (SSSR count). The monoisotopic (exact) mass is 336 g/mol. The molecule has 1 heterocycles. The first kappa shape index (κ1) is 17.5. The lowest BCUT2D eigenvalue weighted by Gasteiger charge is -2.30. The molecule has 4 nitrogen and oxygen atoms in total. The topological polar surface area (TPSA) is 22.1 Å². The van der Waals surface area contributed by atoms with Crippen LogP contribution in [-0.4, -0.2) is 55.9 Å². The lowest BCUT2D eigenvalue weighted by Crippen LogP contribution is -2.41. The van der Waals surface area contributed by atoms with Crippen LogP contribution in [0.5, 0.6) is 0 Å². The van der Waals surface area contributed by atoms with Crippen molar-refractivity contribution >= 4 is 11.9 Å². The Morgan fingerprint density at radius 1 is 0.960 bits per heavy atom. The number of piperazine rings is 1. The first-order valence-electron chi connectivity index (χ1n) is 9.11. The first-order chi connectivity index (χ1) is 12.2. The van der Waals surface area contributed by atoms with Crippen LogP contribution < -0.4 is 4.90 Å². The Hall–Kier alpha value is -2.33. The van der Waals surface area contributed by atoms with Crippen molar-refractivity contribution in [3.63, 3.8) is 0 Å². The minimum atomic E-state index is 0.937. The average Bonchev–Trinajstić information content (AvgIpc) is 2.67. The van der Waals surface area contributed by atoms with Gasteiger partial charge in [0.2, 0.25) is 0 Å². The van der Waals surface area contributed by atoms with Gasteiger partial charge in [0.15, 0.2) is 0 Å². The van der Waals surface area contributed by atoms with Crippen LogP contribution in [0, 0.1) is 0 Å². The Balaban J connectivity index is 1.60. The largest absolute Gasteiger partial charge is 0.367 e. The van der Waals surface area contributed by atoms with Crippen molar-refractivity contribution < 1.29 is 0 Å². The minimum absolute atomic E-state index is 0.937. The molecule has 0 aromatic heterocycles. The number of hydrogen-bond donors (Lipinski definition) is 0. The average molecular weight is 336 g/mol. The molecule has 1 fully saturated rings. The molecule has 0 saturated carbocycles.